The van der Waals surface area contributed by atoms with Crippen molar-refractivity contribution in [3.8, 4) is 0 Å². The average Bonchev–Trinajstić information content (AvgIpc) is 2.32. The summed E-state index contributed by atoms with van der Waals surface area (Å²) in [6.45, 7) is 11.6. The first-order valence-corrected chi connectivity index (χ1v) is 5.53. The summed E-state index contributed by atoms with van der Waals surface area (Å²) in [7, 11) is 0. The number of rotatable bonds is 3. The second kappa shape index (κ2) is 13.0. The number of halogens is 1. The lowest BCUT2D eigenvalue weighted by atomic mass is 10.2. The Bertz CT molecular complexity index is 251. The molecule has 0 bridgehead atoms. The molecule has 0 fully saturated rings. The second-order valence-corrected chi connectivity index (χ2v) is 2.47. The van der Waals surface area contributed by atoms with Gasteiger partial charge in [-0.1, -0.05) is 51.4 Å². The molecule has 1 aromatic carbocycles. The predicted molar refractivity (Wildman–Crippen MR) is 68.5 cm³/mol. The van der Waals surface area contributed by atoms with Crippen LogP contribution in [0.2, 0.25) is 5.02 Å². The quantitative estimate of drug-likeness (QED) is 0.552. The Hall–Kier alpha value is -1.02. The van der Waals surface area contributed by atoms with Gasteiger partial charge < -0.3 is 4.84 Å². The molecule has 0 N–H and O–H groups in total. The largest absolute Gasteiger partial charge is 0.391 e. The van der Waals surface area contributed by atoms with Crippen LogP contribution in [0.3, 0.4) is 0 Å². The van der Waals surface area contributed by atoms with E-state index < -0.39 is 0 Å². The summed E-state index contributed by atoms with van der Waals surface area (Å²) in [6.07, 6.45) is 0. The first-order chi connectivity index (χ1) is 7.33. The fourth-order valence-corrected chi connectivity index (χ4v) is 0.960. The molecule has 0 saturated carbocycles. The SMILES string of the molecule is C=NOCc1cccc(Cl)c1.CC.CC. The Labute approximate surface area is 97.9 Å². The number of nitrogens with zero attached hydrogens (tertiary/aromatic N) is 1. The Morgan fingerprint density at radius 3 is 2.33 bits per heavy atom. The summed E-state index contributed by atoms with van der Waals surface area (Å²) >= 11 is 5.72. The van der Waals surface area contributed by atoms with Crippen molar-refractivity contribution in [2.45, 2.75) is 34.3 Å². The van der Waals surface area contributed by atoms with Gasteiger partial charge in [0.25, 0.3) is 0 Å². The van der Waals surface area contributed by atoms with Gasteiger partial charge in [0.1, 0.15) is 6.61 Å². The standard InChI is InChI=1S/C8H8ClNO.2C2H6/c1-10-11-6-7-3-2-4-8(9)5-7;2*1-2/h2-5H,1,6H2;2*1-2H3. The fraction of sp³-hybridized carbons (Fsp3) is 0.417. The molecular formula is C12H20ClNO. The Kier molecular flexibility index (Phi) is 14.2. The van der Waals surface area contributed by atoms with Gasteiger partial charge in [-0.25, -0.2) is 0 Å². The number of oxime groups is 1. The Morgan fingerprint density at radius 2 is 1.87 bits per heavy atom. The van der Waals surface area contributed by atoms with Crippen LogP contribution in [0.15, 0.2) is 29.4 Å². The lowest BCUT2D eigenvalue weighted by Gasteiger charge is -1.98. The van der Waals surface area contributed by atoms with E-state index in [2.05, 4.69) is 11.9 Å². The molecule has 0 saturated heterocycles. The van der Waals surface area contributed by atoms with Gasteiger partial charge in [-0.3, -0.25) is 0 Å². The van der Waals surface area contributed by atoms with E-state index in [1.54, 1.807) is 0 Å². The molecule has 1 aromatic rings. The number of benzene rings is 1. The summed E-state index contributed by atoms with van der Waals surface area (Å²) < 4.78 is 0. The van der Waals surface area contributed by atoms with Gasteiger partial charge in [-0.2, -0.15) is 0 Å². The zero-order chi connectivity index (χ0) is 12.1. The summed E-state index contributed by atoms with van der Waals surface area (Å²) in [5.74, 6) is 0. The van der Waals surface area contributed by atoms with E-state index in [0.29, 0.717) is 11.6 Å². The van der Waals surface area contributed by atoms with Crippen molar-refractivity contribution in [2.75, 3.05) is 0 Å². The van der Waals surface area contributed by atoms with E-state index in [-0.39, 0.29) is 0 Å². The van der Waals surface area contributed by atoms with E-state index in [1.165, 1.54) is 0 Å². The minimum atomic E-state index is 0.421. The first-order valence-electron chi connectivity index (χ1n) is 5.15. The third kappa shape index (κ3) is 9.29. The van der Waals surface area contributed by atoms with Gasteiger partial charge >= 0.3 is 0 Å². The Morgan fingerprint density at radius 1 is 1.27 bits per heavy atom. The molecule has 0 amide bonds. The highest BCUT2D eigenvalue weighted by atomic mass is 35.5. The van der Waals surface area contributed by atoms with Crippen molar-refractivity contribution >= 4 is 18.3 Å². The molecule has 0 aliphatic carbocycles. The molecule has 0 unspecified atom stereocenters. The molecule has 2 nitrogen and oxygen atoms in total. The fourth-order valence-electron chi connectivity index (χ4n) is 0.747. The maximum Gasteiger partial charge on any atom is 0.142 e. The average molecular weight is 230 g/mol. The van der Waals surface area contributed by atoms with Gasteiger partial charge in [0, 0.05) is 11.7 Å². The molecule has 0 spiro atoms. The smallest absolute Gasteiger partial charge is 0.142 e. The van der Waals surface area contributed by atoms with Crippen molar-refractivity contribution in [1.29, 1.82) is 0 Å². The topological polar surface area (TPSA) is 21.6 Å². The summed E-state index contributed by atoms with van der Waals surface area (Å²) in [5.41, 5.74) is 0.991. The van der Waals surface area contributed by atoms with Crippen LogP contribution >= 0.6 is 11.6 Å². The number of hydrogen-bond donors (Lipinski definition) is 0. The van der Waals surface area contributed by atoms with Crippen molar-refractivity contribution in [3.05, 3.63) is 34.9 Å². The molecule has 15 heavy (non-hydrogen) atoms. The lowest BCUT2D eigenvalue weighted by molar-refractivity contribution is 0.133. The van der Waals surface area contributed by atoms with Gasteiger partial charge in [-0.15, -0.1) is 5.16 Å². The van der Waals surface area contributed by atoms with Crippen LogP contribution in [-0.2, 0) is 11.4 Å². The van der Waals surface area contributed by atoms with Crippen molar-refractivity contribution < 1.29 is 4.84 Å². The molecule has 86 valence electrons. The van der Waals surface area contributed by atoms with Crippen LogP contribution in [0.4, 0.5) is 0 Å². The minimum absolute atomic E-state index is 0.421. The van der Waals surface area contributed by atoms with Crippen molar-refractivity contribution in [3.63, 3.8) is 0 Å². The molecule has 0 aliphatic heterocycles. The normalized spacial score (nSPS) is 7.53. The minimum Gasteiger partial charge on any atom is -0.391 e. The van der Waals surface area contributed by atoms with E-state index in [4.69, 9.17) is 16.4 Å². The number of hydrogen-bond acceptors (Lipinski definition) is 2. The van der Waals surface area contributed by atoms with Gasteiger partial charge in [0.2, 0.25) is 0 Å². The van der Waals surface area contributed by atoms with Gasteiger partial charge in [-0.05, 0) is 17.7 Å². The zero-order valence-corrected chi connectivity index (χ0v) is 10.7. The monoisotopic (exact) mass is 229 g/mol. The van der Waals surface area contributed by atoms with Gasteiger partial charge in [0.05, 0.1) is 0 Å². The lowest BCUT2D eigenvalue weighted by Crippen LogP contribution is -1.84. The van der Waals surface area contributed by atoms with Crippen molar-refractivity contribution in [2.24, 2.45) is 5.16 Å². The molecular weight excluding hydrogens is 210 g/mol. The predicted octanol–water partition coefficient (Wildman–Crippen LogP) is 4.52. The third-order valence-corrected chi connectivity index (χ3v) is 1.45. The summed E-state index contributed by atoms with van der Waals surface area (Å²) in [4.78, 5) is 4.73. The molecule has 0 radical (unpaired) electrons. The molecule has 3 heteroatoms. The highest BCUT2D eigenvalue weighted by Gasteiger charge is 1.92. The molecule has 0 aliphatic rings. The highest BCUT2D eigenvalue weighted by molar-refractivity contribution is 6.30. The van der Waals surface area contributed by atoms with Crippen LogP contribution in [-0.4, -0.2) is 6.72 Å². The second-order valence-electron chi connectivity index (χ2n) is 2.03. The maximum atomic E-state index is 5.72. The van der Waals surface area contributed by atoms with Crippen LogP contribution < -0.4 is 0 Å². The van der Waals surface area contributed by atoms with Crippen LogP contribution in [0.25, 0.3) is 0 Å². The van der Waals surface area contributed by atoms with Crippen LogP contribution in [0, 0.1) is 0 Å². The zero-order valence-electron chi connectivity index (χ0n) is 9.96. The third-order valence-electron chi connectivity index (χ3n) is 1.21. The van der Waals surface area contributed by atoms with Gasteiger partial charge in [0.15, 0.2) is 0 Å². The summed E-state index contributed by atoms with van der Waals surface area (Å²) in [5, 5.41) is 3.97. The molecule has 0 aromatic heterocycles. The van der Waals surface area contributed by atoms with E-state index in [1.807, 2.05) is 52.0 Å². The van der Waals surface area contributed by atoms with Crippen LogP contribution in [0.5, 0.6) is 0 Å². The van der Waals surface area contributed by atoms with E-state index in [0.717, 1.165) is 5.56 Å². The molecule has 0 heterocycles. The van der Waals surface area contributed by atoms with Crippen molar-refractivity contribution in [1.82, 2.24) is 0 Å². The molecule has 0 atom stereocenters. The van der Waals surface area contributed by atoms with Crippen LogP contribution in [0.1, 0.15) is 33.3 Å². The van der Waals surface area contributed by atoms with E-state index >= 15 is 0 Å². The maximum absolute atomic E-state index is 5.72. The summed E-state index contributed by atoms with van der Waals surface area (Å²) in [6, 6.07) is 7.42. The highest BCUT2D eigenvalue weighted by Crippen LogP contribution is 2.11. The van der Waals surface area contributed by atoms with E-state index in [9.17, 15) is 0 Å². The molecule has 1 rings (SSSR count). The first kappa shape index (κ1) is 16.4. The Balaban J connectivity index is 0.